The molecule has 1 aliphatic heterocycles. The molecule has 7 nitrogen and oxygen atoms in total. The number of carbonyl (C=O) groups is 1. The second kappa shape index (κ2) is 8.57. The summed E-state index contributed by atoms with van der Waals surface area (Å²) in [5, 5.41) is 3.23. The van der Waals surface area contributed by atoms with Gasteiger partial charge < -0.3 is 10.2 Å². The molecule has 0 saturated carbocycles. The number of nitrogens with one attached hydrogen (secondary N) is 1. The fourth-order valence-corrected chi connectivity index (χ4v) is 4.77. The van der Waals surface area contributed by atoms with E-state index >= 15 is 0 Å². The van der Waals surface area contributed by atoms with Crippen molar-refractivity contribution in [3.63, 3.8) is 0 Å². The Labute approximate surface area is 180 Å². The molecule has 4 rings (SSSR count). The number of aromatic nitrogens is 2. The van der Waals surface area contributed by atoms with E-state index in [1.807, 2.05) is 24.3 Å². The molecule has 0 radical (unpaired) electrons. The molecule has 30 heavy (non-hydrogen) atoms. The highest BCUT2D eigenvalue weighted by molar-refractivity contribution is 7.91. The summed E-state index contributed by atoms with van der Waals surface area (Å²) < 4.78 is 25.0. The summed E-state index contributed by atoms with van der Waals surface area (Å²) in [5.74, 6) is 0.266. The minimum atomic E-state index is -3.59. The molecule has 1 amide bonds. The summed E-state index contributed by atoms with van der Waals surface area (Å²) in [7, 11) is -3.59. The summed E-state index contributed by atoms with van der Waals surface area (Å²) in [5.41, 5.74) is 1.42. The lowest BCUT2D eigenvalue weighted by molar-refractivity contribution is -0.115. The first kappa shape index (κ1) is 20.6. The van der Waals surface area contributed by atoms with Crippen molar-refractivity contribution in [2.75, 3.05) is 29.1 Å². The zero-order valence-electron chi connectivity index (χ0n) is 16.2. The SMILES string of the molecule is O=C(CCS(=O)(=O)c1ccc(Cl)cc1)Nc1nc2ccccc2nc1N1CCCC1. The van der Waals surface area contributed by atoms with E-state index in [-0.39, 0.29) is 17.1 Å². The lowest BCUT2D eigenvalue weighted by Crippen LogP contribution is -2.24. The zero-order chi connectivity index (χ0) is 21.1. The molecule has 0 spiro atoms. The van der Waals surface area contributed by atoms with Gasteiger partial charge in [0.15, 0.2) is 21.5 Å². The number of carbonyl (C=O) groups excluding carboxylic acids is 1. The van der Waals surface area contributed by atoms with Crippen molar-refractivity contribution in [2.24, 2.45) is 0 Å². The van der Waals surface area contributed by atoms with Gasteiger partial charge >= 0.3 is 0 Å². The molecule has 0 atom stereocenters. The van der Waals surface area contributed by atoms with E-state index < -0.39 is 15.7 Å². The van der Waals surface area contributed by atoms with Crippen LogP contribution in [0.25, 0.3) is 11.0 Å². The molecule has 1 saturated heterocycles. The van der Waals surface area contributed by atoms with Gasteiger partial charge in [-0.3, -0.25) is 4.79 Å². The Hall–Kier alpha value is -2.71. The van der Waals surface area contributed by atoms with Gasteiger partial charge in [-0.1, -0.05) is 23.7 Å². The van der Waals surface area contributed by atoms with Gasteiger partial charge in [0.2, 0.25) is 5.91 Å². The second-order valence-corrected chi connectivity index (χ2v) is 9.70. The van der Waals surface area contributed by atoms with E-state index in [9.17, 15) is 13.2 Å². The van der Waals surface area contributed by atoms with Crippen molar-refractivity contribution in [2.45, 2.75) is 24.2 Å². The molecule has 3 aromatic rings. The number of halogens is 1. The number of nitrogens with zero attached hydrogens (tertiary/aromatic N) is 3. The number of sulfone groups is 1. The first-order chi connectivity index (χ1) is 14.4. The van der Waals surface area contributed by atoms with E-state index in [2.05, 4.69) is 15.2 Å². The summed E-state index contributed by atoms with van der Waals surface area (Å²) in [6.45, 7) is 1.70. The first-order valence-electron chi connectivity index (χ1n) is 9.72. The van der Waals surface area contributed by atoms with Gasteiger partial charge in [0.25, 0.3) is 0 Å². The fraction of sp³-hybridized carbons (Fsp3) is 0.286. The monoisotopic (exact) mass is 444 g/mol. The van der Waals surface area contributed by atoms with Gasteiger partial charge in [0.05, 0.1) is 21.7 Å². The van der Waals surface area contributed by atoms with Crippen LogP contribution in [0.5, 0.6) is 0 Å². The minimum absolute atomic E-state index is 0.142. The van der Waals surface area contributed by atoms with E-state index in [0.717, 1.165) is 31.4 Å². The van der Waals surface area contributed by atoms with Crippen LogP contribution >= 0.6 is 11.6 Å². The first-order valence-corrected chi connectivity index (χ1v) is 11.8. The van der Waals surface area contributed by atoms with Gasteiger partial charge in [0.1, 0.15) is 0 Å². The zero-order valence-corrected chi connectivity index (χ0v) is 17.8. The predicted molar refractivity (Wildman–Crippen MR) is 118 cm³/mol. The van der Waals surface area contributed by atoms with E-state index in [0.29, 0.717) is 22.2 Å². The Morgan fingerprint density at radius 2 is 1.63 bits per heavy atom. The normalized spacial score (nSPS) is 14.2. The smallest absolute Gasteiger partial charge is 0.226 e. The van der Waals surface area contributed by atoms with Crippen LogP contribution in [-0.4, -0.2) is 43.1 Å². The minimum Gasteiger partial charge on any atom is -0.354 e. The van der Waals surface area contributed by atoms with Crippen LogP contribution in [-0.2, 0) is 14.6 Å². The topological polar surface area (TPSA) is 92.3 Å². The molecule has 2 heterocycles. The third-order valence-corrected chi connectivity index (χ3v) is 6.97. The van der Waals surface area contributed by atoms with Crippen molar-refractivity contribution >= 4 is 50.0 Å². The van der Waals surface area contributed by atoms with Gasteiger partial charge in [-0.2, -0.15) is 0 Å². The number of hydrogen-bond donors (Lipinski definition) is 1. The number of rotatable bonds is 6. The van der Waals surface area contributed by atoms with Gasteiger partial charge in [-0.25, -0.2) is 18.4 Å². The van der Waals surface area contributed by atoms with Crippen LogP contribution in [0.3, 0.4) is 0 Å². The summed E-state index contributed by atoms with van der Waals surface area (Å²) in [4.78, 5) is 24.1. The summed E-state index contributed by atoms with van der Waals surface area (Å²) >= 11 is 5.81. The van der Waals surface area contributed by atoms with Crippen molar-refractivity contribution in [3.05, 3.63) is 53.6 Å². The van der Waals surface area contributed by atoms with Crippen LogP contribution in [0, 0.1) is 0 Å². The van der Waals surface area contributed by atoms with E-state index in [1.54, 1.807) is 0 Å². The number of fused-ring (bicyclic) bond motifs is 1. The number of benzene rings is 2. The van der Waals surface area contributed by atoms with Crippen LogP contribution in [0.2, 0.25) is 5.02 Å². The molecule has 0 aliphatic carbocycles. The Balaban J connectivity index is 1.52. The molecule has 0 unspecified atom stereocenters. The average molecular weight is 445 g/mol. The highest BCUT2D eigenvalue weighted by Crippen LogP contribution is 2.28. The molecular weight excluding hydrogens is 424 g/mol. The molecular formula is C21H21ClN4O3S. The summed E-state index contributed by atoms with van der Waals surface area (Å²) in [6.07, 6.45) is 1.93. The molecule has 9 heteroatoms. The van der Waals surface area contributed by atoms with Gasteiger partial charge in [-0.15, -0.1) is 0 Å². The fourth-order valence-electron chi connectivity index (χ4n) is 3.41. The van der Waals surface area contributed by atoms with Crippen LogP contribution in [0.4, 0.5) is 11.6 Å². The van der Waals surface area contributed by atoms with Crippen LogP contribution in [0.1, 0.15) is 19.3 Å². The Bertz CT molecular complexity index is 1180. The number of para-hydroxylation sites is 2. The van der Waals surface area contributed by atoms with E-state index in [4.69, 9.17) is 16.6 Å². The highest BCUT2D eigenvalue weighted by atomic mass is 35.5. The maximum atomic E-state index is 12.6. The second-order valence-electron chi connectivity index (χ2n) is 7.15. The Morgan fingerprint density at radius 3 is 2.30 bits per heavy atom. The van der Waals surface area contributed by atoms with Crippen molar-refractivity contribution in [1.82, 2.24) is 9.97 Å². The lowest BCUT2D eigenvalue weighted by atomic mass is 10.3. The van der Waals surface area contributed by atoms with Crippen molar-refractivity contribution in [1.29, 1.82) is 0 Å². The third-order valence-electron chi connectivity index (χ3n) is 4.99. The average Bonchev–Trinajstić information content (AvgIpc) is 3.27. The largest absolute Gasteiger partial charge is 0.354 e. The third kappa shape index (κ3) is 4.55. The Kier molecular flexibility index (Phi) is 5.87. The van der Waals surface area contributed by atoms with Crippen molar-refractivity contribution < 1.29 is 13.2 Å². The van der Waals surface area contributed by atoms with Gasteiger partial charge in [-0.05, 0) is 49.2 Å². The molecule has 0 bridgehead atoms. The number of amides is 1. The molecule has 1 N–H and O–H groups in total. The number of anilines is 2. The maximum Gasteiger partial charge on any atom is 0.226 e. The molecule has 2 aromatic carbocycles. The van der Waals surface area contributed by atoms with E-state index in [1.165, 1.54) is 24.3 Å². The highest BCUT2D eigenvalue weighted by Gasteiger charge is 2.22. The molecule has 1 aromatic heterocycles. The summed E-state index contributed by atoms with van der Waals surface area (Å²) in [6, 6.07) is 13.4. The quantitative estimate of drug-likeness (QED) is 0.623. The van der Waals surface area contributed by atoms with Crippen LogP contribution < -0.4 is 10.2 Å². The van der Waals surface area contributed by atoms with Gasteiger partial charge in [0, 0.05) is 24.5 Å². The number of hydrogen-bond acceptors (Lipinski definition) is 6. The molecule has 1 aliphatic rings. The molecule has 156 valence electrons. The van der Waals surface area contributed by atoms with Crippen LogP contribution in [0.15, 0.2) is 53.4 Å². The molecule has 1 fully saturated rings. The predicted octanol–water partition coefficient (Wildman–Crippen LogP) is 3.69. The lowest BCUT2D eigenvalue weighted by Gasteiger charge is -2.20. The standard InChI is InChI=1S/C21H21ClN4O3S/c22-15-7-9-16(10-8-15)30(28,29)14-11-19(27)25-20-21(26-12-3-4-13-26)24-18-6-2-1-5-17(18)23-20/h1-2,5-10H,3-4,11-14H2,(H,23,25,27). The maximum absolute atomic E-state index is 12.6. The Morgan fingerprint density at radius 1 is 1.00 bits per heavy atom. The van der Waals surface area contributed by atoms with Crippen molar-refractivity contribution in [3.8, 4) is 0 Å².